The fraction of sp³-hybridized carbons (Fsp3) is 0.357. The number of Topliss-reactive ketones (excluding diaryl/α,β-unsaturated/α-hetero) is 1. The Kier molecular flexibility index (Phi) is 15.7. The Balaban J connectivity index is 0.000000586. The van der Waals surface area contributed by atoms with Gasteiger partial charge in [-0.25, -0.2) is 0 Å². The highest BCUT2D eigenvalue weighted by Gasteiger charge is 2.09. The van der Waals surface area contributed by atoms with Gasteiger partial charge in [-0.1, -0.05) is 65.8 Å². The molecule has 0 saturated heterocycles. The van der Waals surface area contributed by atoms with Crippen molar-refractivity contribution in [1.29, 1.82) is 5.41 Å². The summed E-state index contributed by atoms with van der Waals surface area (Å²) in [5, 5.41) is 16.2. The van der Waals surface area contributed by atoms with Crippen molar-refractivity contribution in [2.24, 2.45) is 0 Å². The van der Waals surface area contributed by atoms with Gasteiger partial charge in [0.25, 0.3) is 0 Å². The van der Waals surface area contributed by atoms with E-state index in [2.05, 4.69) is 26.0 Å². The number of carbonyl (C=O) groups is 1. The molecule has 0 bridgehead atoms. The molecule has 3 aromatic rings. The van der Waals surface area contributed by atoms with Gasteiger partial charge in [0, 0.05) is 5.71 Å². The number of hydrogen-bond donors (Lipinski definition) is 2. The maximum Gasteiger partial charge on any atom is 0.235 e. The van der Waals surface area contributed by atoms with Crippen LogP contribution in [0.5, 0.6) is 5.75 Å². The number of benzene rings is 2. The van der Waals surface area contributed by atoms with Crippen LogP contribution in [0.25, 0.3) is 0 Å². The van der Waals surface area contributed by atoms with Crippen molar-refractivity contribution in [2.75, 3.05) is 6.61 Å². The Labute approximate surface area is 198 Å². The van der Waals surface area contributed by atoms with Crippen LogP contribution in [0, 0.1) is 5.41 Å². The van der Waals surface area contributed by atoms with Crippen molar-refractivity contribution in [3.63, 3.8) is 0 Å². The number of ketones is 1. The number of carbonyl (C=O) groups excluding carboxylic acids is 1. The summed E-state index contributed by atoms with van der Waals surface area (Å²) in [6, 6.07) is 18.4. The van der Waals surface area contributed by atoms with Gasteiger partial charge in [0.2, 0.25) is 5.78 Å². The van der Waals surface area contributed by atoms with Crippen molar-refractivity contribution in [3.8, 4) is 5.75 Å². The van der Waals surface area contributed by atoms with Crippen LogP contribution in [0.2, 0.25) is 0 Å². The molecule has 0 amide bonds. The molecule has 5 nitrogen and oxygen atoms in total. The second kappa shape index (κ2) is 17.4. The molecule has 0 aliphatic carbocycles. The number of furan rings is 1. The van der Waals surface area contributed by atoms with Crippen LogP contribution in [0.1, 0.15) is 81.6 Å². The maximum atomic E-state index is 11.6. The van der Waals surface area contributed by atoms with Crippen LogP contribution in [0.15, 0.2) is 71.3 Å². The first-order valence-electron chi connectivity index (χ1n) is 11.5. The van der Waals surface area contributed by atoms with Crippen molar-refractivity contribution >= 4 is 11.5 Å². The fourth-order valence-corrected chi connectivity index (χ4v) is 2.47. The molecule has 180 valence electrons. The van der Waals surface area contributed by atoms with Crippen LogP contribution in [-0.4, -0.2) is 23.2 Å². The van der Waals surface area contributed by atoms with E-state index in [4.69, 9.17) is 19.7 Å². The lowest BCUT2D eigenvalue weighted by molar-refractivity contribution is 0.0893. The van der Waals surface area contributed by atoms with Crippen LogP contribution < -0.4 is 4.74 Å². The van der Waals surface area contributed by atoms with Crippen molar-refractivity contribution in [2.45, 2.75) is 61.0 Å². The van der Waals surface area contributed by atoms with E-state index in [0.29, 0.717) is 23.1 Å². The third kappa shape index (κ3) is 11.3. The summed E-state index contributed by atoms with van der Waals surface area (Å²) in [6.45, 7) is 14.1. The summed E-state index contributed by atoms with van der Waals surface area (Å²) >= 11 is 0. The lowest BCUT2D eigenvalue weighted by Crippen LogP contribution is -2.10. The van der Waals surface area contributed by atoms with E-state index in [1.165, 1.54) is 11.8 Å². The third-order valence-corrected chi connectivity index (χ3v) is 4.28. The minimum atomic E-state index is -0.202. The zero-order valence-electron chi connectivity index (χ0n) is 21.0. The molecule has 0 saturated carbocycles. The van der Waals surface area contributed by atoms with Gasteiger partial charge in [0.05, 0.1) is 12.9 Å². The van der Waals surface area contributed by atoms with E-state index in [1.54, 1.807) is 43.3 Å². The van der Waals surface area contributed by atoms with E-state index in [0.717, 1.165) is 11.1 Å². The van der Waals surface area contributed by atoms with Gasteiger partial charge in [0.15, 0.2) is 12.4 Å². The van der Waals surface area contributed by atoms with Crippen LogP contribution in [-0.2, 0) is 6.61 Å². The monoisotopic (exact) mass is 453 g/mol. The van der Waals surface area contributed by atoms with Crippen LogP contribution in [0.4, 0.5) is 0 Å². The quantitative estimate of drug-likeness (QED) is 0.291. The molecule has 33 heavy (non-hydrogen) atoms. The molecule has 1 aromatic heterocycles. The predicted molar refractivity (Wildman–Crippen MR) is 137 cm³/mol. The zero-order valence-corrected chi connectivity index (χ0v) is 21.0. The van der Waals surface area contributed by atoms with Gasteiger partial charge in [-0.3, -0.25) is 4.79 Å². The lowest BCUT2D eigenvalue weighted by atomic mass is 10.0. The Morgan fingerprint density at radius 1 is 0.970 bits per heavy atom. The van der Waals surface area contributed by atoms with Crippen LogP contribution in [0.3, 0.4) is 0 Å². The zero-order chi connectivity index (χ0) is 25.2. The molecule has 0 aliphatic rings. The largest absolute Gasteiger partial charge is 0.485 e. The second-order valence-corrected chi connectivity index (χ2v) is 6.89. The molecule has 1 heterocycles. The minimum Gasteiger partial charge on any atom is -0.485 e. The standard InChI is InChI=1S/C14H13NO3.C10H14O.2C2H6/c1-10(15)11-4-6-12(7-5-11)18-9-13(16)14-3-2-8-17-14;1-8(2)10-5-3-9(7-11)4-6-10;2*1-2/h2-8,15H,9H2,1H3;3-6,8,11H,7H2,1-2H3;2*1-2H3. The summed E-state index contributed by atoms with van der Waals surface area (Å²) in [5.74, 6) is 1.26. The predicted octanol–water partition coefficient (Wildman–Crippen LogP) is 7.28. The highest BCUT2D eigenvalue weighted by atomic mass is 16.5. The van der Waals surface area contributed by atoms with Gasteiger partial charge in [-0.15, -0.1) is 0 Å². The highest BCUT2D eigenvalue weighted by Crippen LogP contribution is 2.15. The Morgan fingerprint density at radius 2 is 1.55 bits per heavy atom. The smallest absolute Gasteiger partial charge is 0.235 e. The molecule has 0 spiro atoms. The molecule has 2 aromatic carbocycles. The molecule has 5 heteroatoms. The first-order chi connectivity index (χ1) is 15.9. The summed E-state index contributed by atoms with van der Waals surface area (Å²) in [4.78, 5) is 11.6. The maximum absolute atomic E-state index is 11.6. The molecule has 0 fully saturated rings. The van der Waals surface area contributed by atoms with Crippen molar-refractivity contribution < 1.29 is 19.1 Å². The normalized spacial score (nSPS) is 9.36. The minimum absolute atomic E-state index is 0.0591. The number of rotatable bonds is 7. The molecule has 2 N–H and O–H groups in total. The molecular weight excluding hydrogens is 414 g/mol. The Bertz CT molecular complexity index is 896. The van der Waals surface area contributed by atoms with E-state index >= 15 is 0 Å². The van der Waals surface area contributed by atoms with Gasteiger partial charge < -0.3 is 19.7 Å². The number of ether oxygens (including phenoxy) is 1. The van der Waals surface area contributed by atoms with Gasteiger partial charge in [-0.05, 0) is 65.9 Å². The number of nitrogens with one attached hydrogen (secondary N) is 1. The fourth-order valence-electron chi connectivity index (χ4n) is 2.47. The van der Waals surface area contributed by atoms with Crippen molar-refractivity contribution in [1.82, 2.24) is 0 Å². The highest BCUT2D eigenvalue weighted by molar-refractivity contribution is 5.96. The summed E-state index contributed by atoms with van der Waals surface area (Å²) in [5.41, 5.74) is 3.63. The Hall–Kier alpha value is -3.18. The summed E-state index contributed by atoms with van der Waals surface area (Å²) in [7, 11) is 0. The summed E-state index contributed by atoms with van der Waals surface area (Å²) < 4.78 is 10.3. The lowest BCUT2D eigenvalue weighted by Gasteiger charge is -2.05. The topological polar surface area (TPSA) is 83.5 Å². The Morgan fingerprint density at radius 3 is 1.97 bits per heavy atom. The average Bonchev–Trinajstić information content (AvgIpc) is 3.41. The van der Waals surface area contributed by atoms with E-state index < -0.39 is 0 Å². The first kappa shape index (κ1) is 29.8. The van der Waals surface area contributed by atoms with E-state index in [-0.39, 0.29) is 19.0 Å². The molecule has 0 unspecified atom stereocenters. The van der Waals surface area contributed by atoms with Gasteiger partial charge >= 0.3 is 0 Å². The van der Waals surface area contributed by atoms with Crippen molar-refractivity contribution in [3.05, 3.63) is 89.4 Å². The third-order valence-electron chi connectivity index (χ3n) is 4.28. The molecule has 0 atom stereocenters. The molecule has 0 aliphatic heterocycles. The average molecular weight is 454 g/mol. The van der Waals surface area contributed by atoms with E-state index in [1.807, 2.05) is 39.8 Å². The van der Waals surface area contributed by atoms with Gasteiger partial charge in [-0.2, -0.15) is 0 Å². The second-order valence-electron chi connectivity index (χ2n) is 6.89. The van der Waals surface area contributed by atoms with Gasteiger partial charge in [0.1, 0.15) is 5.75 Å². The molecule has 0 radical (unpaired) electrons. The summed E-state index contributed by atoms with van der Waals surface area (Å²) in [6.07, 6.45) is 1.45. The first-order valence-corrected chi connectivity index (χ1v) is 11.5. The number of aliphatic hydroxyl groups is 1. The molecule has 3 rings (SSSR count). The number of aliphatic hydroxyl groups excluding tert-OH is 1. The van der Waals surface area contributed by atoms with Crippen LogP contribution >= 0.6 is 0 Å². The molecular formula is C28H39NO4. The number of hydrogen-bond acceptors (Lipinski definition) is 5. The van der Waals surface area contributed by atoms with E-state index in [9.17, 15) is 4.79 Å². The SMILES string of the molecule is CC.CC.CC(=N)c1ccc(OCC(=O)c2ccco2)cc1.CC(C)c1ccc(CO)cc1.